The Kier molecular flexibility index (Phi) is 4.19. The highest BCUT2D eigenvalue weighted by atomic mass is 16.5. The van der Waals surface area contributed by atoms with Crippen molar-refractivity contribution in [1.29, 1.82) is 0 Å². The van der Waals surface area contributed by atoms with Gasteiger partial charge in [0, 0.05) is 18.1 Å². The Bertz CT molecular complexity index is 604. The Hall–Kier alpha value is -2.30. The Morgan fingerprint density at radius 2 is 2.24 bits per heavy atom. The number of nitrogens with one attached hydrogen (secondary N) is 1. The van der Waals surface area contributed by atoms with E-state index in [1.54, 1.807) is 0 Å². The SMILES string of the molecule is CCCOc1cc(NC2CCOc3ccccc32)ncn1. The fourth-order valence-corrected chi connectivity index (χ4v) is 2.37. The summed E-state index contributed by atoms with van der Waals surface area (Å²) in [6, 6.07) is 10.1. The van der Waals surface area contributed by atoms with Crippen molar-refractivity contribution in [3.63, 3.8) is 0 Å². The van der Waals surface area contributed by atoms with Crippen molar-refractivity contribution in [2.75, 3.05) is 18.5 Å². The van der Waals surface area contributed by atoms with Gasteiger partial charge in [-0.15, -0.1) is 0 Å². The number of hydrogen-bond donors (Lipinski definition) is 1. The normalized spacial score (nSPS) is 16.7. The van der Waals surface area contributed by atoms with E-state index in [1.165, 1.54) is 11.9 Å². The molecule has 0 saturated carbocycles. The first-order chi connectivity index (χ1) is 10.4. The van der Waals surface area contributed by atoms with Gasteiger partial charge in [-0.05, 0) is 12.5 Å². The molecule has 1 atom stereocenters. The van der Waals surface area contributed by atoms with Gasteiger partial charge in [0.05, 0.1) is 19.3 Å². The van der Waals surface area contributed by atoms with Gasteiger partial charge < -0.3 is 14.8 Å². The summed E-state index contributed by atoms with van der Waals surface area (Å²) in [6.45, 7) is 3.44. The van der Waals surface area contributed by atoms with Crippen LogP contribution in [0.3, 0.4) is 0 Å². The predicted octanol–water partition coefficient (Wildman–Crippen LogP) is 3.20. The standard InChI is InChI=1S/C16H19N3O2/c1-2-8-21-16-10-15(17-11-18-16)19-13-7-9-20-14-6-4-3-5-12(13)14/h3-6,10-11,13H,2,7-9H2,1H3,(H,17,18,19). The quantitative estimate of drug-likeness (QED) is 0.914. The second-order valence-electron chi connectivity index (χ2n) is 4.96. The molecule has 110 valence electrons. The Morgan fingerprint density at radius 3 is 3.14 bits per heavy atom. The third kappa shape index (κ3) is 3.24. The molecule has 0 aliphatic carbocycles. The van der Waals surface area contributed by atoms with Crippen LogP contribution in [0, 0.1) is 0 Å². The molecule has 0 fully saturated rings. The summed E-state index contributed by atoms with van der Waals surface area (Å²) in [5.41, 5.74) is 1.17. The van der Waals surface area contributed by atoms with Crippen molar-refractivity contribution < 1.29 is 9.47 Å². The topological polar surface area (TPSA) is 56.3 Å². The van der Waals surface area contributed by atoms with Crippen molar-refractivity contribution >= 4 is 5.82 Å². The van der Waals surface area contributed by atoms with Gasteiger partial charge >= 0.3 is 0 Å². The minimum atomic E-state index is 0.198. The zero-order chi connectivity index (χ0) is 14.5. The van der Waals surface area contributed by atoms with Crippen LogP contribution in [0.5, 0.6) is 11.6 Å². The van der Waals surface area contributed by atoms with E-state index in [-0.39, 0.29) is 6.04 Å². The van der Waals surface area contributed by atoms with Gasteiger partial charge in [-0.2, -0.15) is 0 Å². The molecule has 2 heterocycles. The van der Waals surface area contributed by atoms with E-state index in [2.05, 4.69) is 28.3 Å². The molecule has 1 aromatic heterocycles. The number of anilines is 1. The summed E-state index contributed by atoms with van der Waals surface area (Å²) >= 11 is 0. The first kappa shape index (κ1) is 13.7. The van der Waals surface area contributed by atoms with E-state index < -0.39 is 0 Å². The average molecular weight is 285 g/mol. The lowest BCUT2D eigenvalue weighted by Crippen LogP contribution is -2.20. The molecule has 0 bridgehead atoms. The van der Waals surface area contributed by atoms with E-state index in [0.717, 1.165) is 24.4 Å². The summed E-state index contributed by atoms with van der Waals surface area (Å²) in [4.78, 5) is 8.39. The second kappa shape index (κ2) is 6.43. The lowest BCUT2D eigenvalue weighted by molar-refractivity contribution is 0.274. The fourth-order valence-electron chi connectivity index (χ4n) is 2.37. The molecule has 3 rings (SSSR count). The summed E-state index contributed by atoms with van der Waals surface area (Å²) in [5, 5.41) is 3.44. The third-order valence-corrected chi connectivity index (χ3v) is 3.38. The van der Waals surface area contributed by atoms with Gasteiger partial charge in [-0.25, -0.2) is 9.97 Å². The van der Waals surface area contributed by atoms with Crippen molar-refractivity contribution in [1.82, 2.24) is 9.97 Å². The molecule has 1 aliphatic rings. The van der Waals surface area contributed by atoms with Crippen LogP contribution in [0.4, 0.5) is 5.82 Å². The molecule has 1 N–H and O–H groups in total. The highest BCUT2D eigenvalue weighted by Gasteiger charge is 2.21. The molecule has 1 unspecified atom stereocenters. The van der Waals surface area contributed by atoms with Crippen LogP contribution >= 0.6 is 0 Å². The minimum absolute atomic E-state index is 0.198. The first-order valence-electron chi connectivity index (χ1n) is 7.30. The maximum atomic E-state index is 5.67. The molecule has 0 spiro atoms. The zero-order valence-corrected chi connectivity index (χ0v) is 12.1. The number of aromatic nitrogens is 2. The first-order valence-corrected chi connectivity index (χ1v) is 7.30. The van der Waals surface area contributed by atoms with E-state index in [0.29, 0.717) is 19.1 Å². The molecule has 0 radical (unpaired) electrons. The molecule has 1 aliphatic heterocycles. The molecule has 5 heteroatoms. The number of benzene rings is 1. The Balaban J connectivity index is 1.75. The Labute approximate surface area is 124 Å². The van der Waals surface area contributed by atoms with E-state index in [1.807, 2.05) is 24.3 Å². The summed E-state index contributed by atoms with van der Waals surface area (Å²) in [6.07, 6.45) is 3.39. The van der Waals surface area contributed by atoms with Crippen molar-refractivity contribution in [3.05, 3.63) is 42.2 Å². The number of ether oxygens (including phenoxy) is 2. The fraction of sp³-hybridized carbons (Fsp3) is 0.375. The van der Waals surface area contributed by atoms with Crippen LogP contribution in [0.2, 0.25) is 0 Å². The summed E-state index contributed by atoms with van der Waals surface area (Å²) < 4.78 is 11.2. The molecule has 2 aromatic rings. The maximum absolute atomic E-state index is 5.67. The van der Waals surface area contributed by atoms with Gasteiger partial charge in [0.25, 0.3) is 0 Å². The number of para-hydroxylation sites is 1. The number of rotatable bonds is 5. The number of fused-ring (bicyclic) bond motifs is 1. The number of hydrogen-bond acceptors (Lipinski definition) is 5. The van der Waals surface area contributed by atoms with Crippen LogP contribution in [-0.4, -0.2) is 23.2 Å². The van der Waals surface area contributed by atoms with E-state index in [9.17, 15) is 0 Å². The largest absolute Gasteiger partial charge is 0.493 e. The highest BCUT2D eigenvalue weighted by Crippen LogP contribution is 2.33. The van der Waals surface area contributed by atoms with Gasteiger partial charge in [-0.3, -0.25) is 0 Å². The van der Waals surface area contributed by atoms with Crippen LogP contribution in [0.15, 0.2) is 36.7 Å². The smallest absolute Gasteiger partial charge is 0.218 e. The van der Waals surface area contributed by atoms with Crippen molar-refractivity contribution in [2.24, 2.45) is 0 Å². The lowest BCUT2D eigenvalue weighted by atomic mass is 10.0. The highest BCUT2D eigenvalue weighted by molar-refractivity contribution is 5.45. The molecule has 5 nitrogen and oxygen atoms in total. The van der Waals surface area contributed by atoms with E-state index in [4.69, 9.17) is 9.47 Å². The monoisotopic (exact) mass is 285 g/mol. The minimum Gasteiger partial charge on any atom is -0.493 e. The predicted molar refractivity (Wildman–Crippen MR) is 80.7 cm³/mol. The molecular formula is C16H19N3O2. The van der Waals surface area contributed by atoms with Crippen LogP contribution in [-0.2, 0) is 0 Å². The second-order valence-corrected chi connectivity index (χ2v) is 4.96. The van der Waals surface area contributed by atoms with Crippen molar-refractivity contribution in [3.8, 4) is 11.6 Å². The maximum Gasteiger partial charge on any atom is 0.218 e. The van der Waals surface area contributed by atoms with Gasteiger partial charge in [-0.1, -0.05) is 25.1 Å². The van der Waals surface area contributed by atoms with E-state index >= 15 is 0 Å². The lowest BCUT2D eigenvalue weighted by Gasteiger charge is -2.27. The van der Waals surface area contributed by atoms with Crippen LogP contribution < -0.4 is 14.8 Å². The van der Waals surface area contributed by atoms with Gasteiger partial charge in [0.2, 0.25) is 5.88 Å². The van der Waals surface area contributed by atoms with Crippen molar-refractivity contribution in [2.45, 2.75) is 25.8 Å². The molecular weight excluding hydrogens is 266 g/mol. The summed E-state index contributed by atoms with van der Waals surface area (Å²) in [7, 11) is 0. The molecule has 0 saturated heterocycles. The Morgan fingerprint density at radius 1 is 1.33 bits per heavy atom. The molecule has 0 amide bonds. The average Bonchev–Trinajstić information content (AvgIpc) is 2.54. The van der Waals surface area contributed by atoms with Crippen LogP contribution in [0.1, 0.15) is 31.4 Å². The van der Waals surface area contributed by atoms with Gasteiger partial charge in [0.15, 0.2) is 0 Å². The van der Waals surface area contributed by atoms with Crippen LogP contribution in [0.25, 0.3) is 0 Å². The summed E-state index contributed by atoms with van der Waals surface area (Å²) in [5.74, 6) is 2.32. The zero-order valence-electron chi connectivity index (χ0n) is 12.1. The van der Waals surface area contributed by atoms with Gasteiger partial charge in [0.1, 0.15) is 17.9 Å². The third-order valence-electron chi connectivity index (χ3n) is 3.38. The molecule has 21 heavy (non-hydrogen) atoms. The number of nitrogens with zero attached hydrogens (tertiary/aromatic N) is 2. The molecule has 1 aromatic carbocycles.